The molecule has 0 saturated heterocycles. The monoisotopic (exact) mass is 184 g/mol. The Morgan fingerprint density at radius 3 is 2.71 bits per heavy atom. The molecule has 1 aromatic carbocycles. The van der Waals surface area contributed by atoms with Crippen molar-refractivity contribution in [3.63, 3.8) is 0 Å². The lowest BCUT2D eigenvalue weighted by atomic mass is 10.3. The molecule has 0 fully saturated rings. The molecule has 14 heavy (non-hydrogen) atoms. The number of rotatable bonds is 3. The van der Waals surface area contributed by atoms with Gasteiger partial charge in [0.1, 0.15) is 0 Å². The van der Waals surface area contributed by atoms with Gasteiger partial charge in [0.2, 0.25) is 0 Å². The molecule has 1 heterocycles. The highest BCUT2D eigenvalue weighted by Gasteiger charge is 2.01. The Kier molecular flexibility index (Phi) is 2.45. The lowest BCUT2D eigenvalue weighted by Crippen LogP contribution is -2.00. The van der Waals surface area contributed by atoms with E-state index >= 15 is 0 Å². The molecule has 0 spiro atoms. The summed E-state index contributed by atoms with van der Waals surface area (Å²) in [4.78, 5) is 0. The second-order valence-corrected chi connectivity index (χ2v) is 3.06. The number of nitrogens with zero attached hydrogens (tertiary/aromatic N) is 2. The molecule has 0 saturated carbocycles. The summed E-state index contributed by atoms with van der Waals surface area (Å²) in [6.07, 6.45) is 4.54. The summed E-state index contributed by atoms with van der Waals surface area (Å²) in [5.41, 5.74) is 2.25. The van der Waals surface area contributed by atoms with E-state index in [4.69, 9.17) is 0 Å². The summed E-state index contributed by atoms with van der Waals surface area (Å²) in [5, 5.41) is 4.27. The quantitative estimate of drug-likeness (QED) is 0.670. The molecule has 2 heteroatoms. The molecule has 0 amide bonds. The molecule has 1 aromatic heterocycles. The van der Waals surface area contributed by atoms with Gasteiger partial charge < -0.3 is 0 Å². The fourth-order valence-electron chi connectivity index (χ4n) is 1.43. The SMILES string of the molecule is C=CCc1ccnn1-c1ccccc1. The van der Waals surface area contributed by atoms with Gasteiger partial charge in [-0.15, -0.1) is 6.58 Å². The first-order chi connectivity index (χ1) is 6.92. The van der Waals surface area contributed by atoms with Gasteiger partial charge in [-0.2, -0.15) is 5.10 Å². The van der Waals surface area contributed by atoms with Gasteiger partial charge in [-0.05, 0) is 18.2 Å². The Hall–Kier alpha value is -1.83. The molecule has 0 unspecified atom stereocenters. The van der Waals surface area contributed by atoms with E-state index in [1.807, 2.05) is 53.4 Å². The van der Waals surface area contributed by atoms with Crippen molar-refractivity contribution in [1.82, 2.24) is 9.78 Å². The zero-order valence-corrected chi connectivity index (χ0v) is 7.93. The van der Waals surface area contributed by atoms with Crippen LogP contribution in [-0.4, -0.2) is 9.78 Å². The number of benzene rings is 1. The van der Waals surface area contributed by atoms with Crippen LogP contribution in [0.15, 0.2) is 55.3 Å². The fourth-order valence-corrected chi connectivity index (χ4v) is 1.43. The third kappa shape index (κ3) is 1.59. The van der Waals surface area contributed by atoms with Crippen molar-refractivity contribution in [2.24, 2.45) is 0 Å². The first kappa shape index (κ1) is 8.75. The summed E-state index contributed by atoms with van der Waals surface area (Å²) >= 11 is 0. The first-order valence-corrected chi connectivity index (χ1v) is 4.61. The highest BCUT2D eigenvalue weighted by molar-refractivity contribution is 5.32. The average molecular weight is 184 g/mol. The molecule has 2 nitrogen and oxygen atoms in total. The number of allylic oxidation sites excluding steroid dienone is 1. The van der Waals surface area contributed by atoms with Crippen LogP contribution in [0.1, 0.15) is 5.69 Å². The van der Waals surface area contributed by atoms with Crippen LogP contribution in [0.2, 0.25) is 0 Å². The molecular formula is C12H12N2. The molecule has 0 bridgehead atoms. The second kappa shape index (κ2) is 3.92. The Labute approximate surface area is 83.5 Å². The van der Waals surface area contributed by atoms with Crippen molar-refractivity contribution in [2.45, 2.75) is 6.42 Å². The van der Waals surface area contributed by atoms with Gasteiger partial charge in [-0.1, -0.05) is 24.3 Å². The van der Waals surface area contributed by atoms with E-state index in [0.717, 1.165) is 17.8 Å². The minimum absolute atomic E-state index is 0.842. The third-order valence-corrected chi connectivity index (χ3v) is 2.08. The summed E-state index contributed by atoms with van der Waals surface area (Å²) in [7, 11) is 0. The van der Waals surface area contributed by atoms with Crippen LogP contribution in [-0.2, 0) is 6.42 Å². The summed E-state index contributed by atoms with van der Waals surface area (Å²) in [6.45, 7) is 3.73. The maximum atomic E-state index is 4.27. The van der Waals surface area contributed by atoms with Gasteiger partial charge in [-0.25, -0.2) is 4.68 Å². The zero-order chi connectivity index (χ0) is 9.80. The van der Waals surface area contributed by atoms with E-state index in [1.54, 1.807) is 0 Å². The minimum atomic E-state index is 0.842. The van der Waals surface area contributed by atoms with Crippen LogP contribution in [0.3, 0.4) is 0 Å². The molecule has 0 aliphatic rings. The molecular weight excluding hydrogens is 172 g/mol. The lowest BCUT2D eigenvalue weighted by molar-refractivity contribution is 0.829. The minimum Gasteiger partial charge on any atom is -0.238 e. The molecule has 0 aliphatic heterocycles. The zero-order valence-electron chi connectivity index (χ0n) is 7.93. The Morgan fingerprint density at radius 1 is 1.21 bits per heavy atom. The molecule has 0 N–H and O–H groups in total. The second-order valence-electron chi connectivity index (χ2n) is 3.06. The Bertz CT molecular complexity index is 415. The molecule has 2 rings (SSSR count). The van der Waals surface area contributed by atoms with Crippen LogP contribution in [0, 0.1) is 0 Å². The normalized spacial score (nSPS) is 10.0. The predicted molar refractivity (Wildman–Crippen MR) is 57.5 cm³/mol. The maximum absolute atomic E-state index is 4.27. The summed E-state index contributed by atoms with van der Waals surface area (Å²) < 4.78 is 1.93. The molecule has 0 aliphatic carbocycles. The van der Waals surface area contributed by atoms with Crippen LogP contribution < -0.4 is 0 Å². The van der Waals surface area contributed by atoms with Gasteiger partial charge in [0, 0.05) is 18.3 Å². The fraction of sp³-hybridized carbons (Fsp3) is 0.0833. The highest BCUT2D eigenvalue weighted by Crippen LogP contribution is 2.10. The van der Waals surface area contributed by atoms with Gasteiger partial charge in [0.05, 0.1) is 5.69 Å². The molecule has 2 aromatic rings. The van der Waals surface area contributed by atoms with Crippen molar-refractivity contribution in [2.75, 3.05) is 0 Å². The van der Waals surface area contributed by atoms with Crippen LogP contribution in [0.25, 0.3) is 5.69 Å². The van der Waals surface area contributed by atoms with Gasteiger partial charge in [0.25, 0.3) is 0 Å². The molecule has 0 radical (unpaired) electrons. The number of hydrogen-bond acceptors (Lipinski definition) is 1. The number of aromatic nitrogens is 2. The van der Waals surface area contributed by atoms with Crippen molar-refractivity contribution in [3.8, 4) is 5.69 Å². The predicted octanol–water partition coefficient (Wildman–Crippen LogP) is 2.60. The third-order valence-electron chi connectivity index (χ3n) is 2.08. The topological polar surface area (TPSA) is 17.8 Å². The maximum Gasteiger partial charge on any atom is 0.0648 e. The van der Waals surface area contributed by atoms with E-state index < -0.39 is 0 Å². The van der Waals surface area contributed by atoms with Gasteiger partial charge in [0.15, 0.2) is 0 Å². The van der Waals surface area contributed by atoms with Gasteiger partial charge >= 0.3 is 0 Å². The van der Waals surface area contributed by atoms with E-state index in [1.165, 1.54) is 0 Å². The first-order valence-electron chi connectivity index (χ1n) is 4.61. The van der Waals surface area contributed by atoms with E-state index in [0.29, 0.717) is 0 Å². The summed E-state index contributed by atoms with van der Waals surface area (Å²) in [6, 6.07) is 12.1. The Morgan fingerprint density at radius 2 is 2.00 bits per heavy atom. The number of para-hydroxylation sites is 1. The lowest BCUT2D eigenvalue weighted by Gasteiger charge is -2.04. The van der Waals surface area contributed by atoms with Crippen LogP contribution >= 0.6 is 0 Å². The van der Waals surface area contributed by atoms with Crippen LogP contribution in [0.4, 0.5) is 0 Å². The van der Waals surface area contributed by atoms with E-state index in [2.05, 4.69) is 11.7 Å². The van der Waals surface area contributed by atoms with E-state index in [-0.39, 0.29) is 0 Å². The standard InChI is InChI=1S/C12H12N2/c1-2-6-11-9-10-13-14(11)12-7-4-3-5-8-12/h2-5,7-10H,1,6H2. The van der Waals surface area contributed by atoms with Gasteiger partial charge in [-0.3, -0.25) is 0 Å². The Balaban J connectivity index is 2.41. The van der Waals surface area contributed by atoms with Crippen molar-refractivity contribution in [3.05, 3.63) is 60.9 Å². The van der Waals surface area contributed by atoms with E-state index in [9.17, 15) is 0 Å². The smallest absolute Gasteiger partial charge is 0.0648 e. The molecule has 70 valence electrons. The summed E-state index contributed by atoms with van der Waals surface area (Å²) in [5.74, 6) is 0. The van der Waals surface area contributed by atoms with Crippen molar-refractivity contribution < 1.29 is 0 Å². The highest BCUT2D eigenvalue weighted by atomic mass is 15.3. The average Bonchev–Trinajstić information content (AvgIpc) is 2.68. The molecule has 0 atom stereocenters. The van der Waals surface area contributed by atoms with Crippen molar-refractivity contribution in [1.29, 1.82) is 0 Å². The largest absolute Gasteiger partial charge is 0.238 e. The number of hydrogen-bond donors (Lipinski definition) is 0. The van der Waals surface area contributed by atoms with Crippen molar-refractivity contribution >= 4 is 0 Å². The van der Waals surface area contributed by atoms with Crippen LogP contribution in [0.5, 0.6) is 0 Å².